The van der Waals surface area contributed by atoms with Gasteiger partial charge in [0.25, 0.3) is 0 Å². The fourth-order valence-corrected chi connectivity index (χ4v) is 4.33. The number of para-hydroxylation sites is 1. The van der Waals surface area contributed by atoms with Crippen molar-refractivity contribution in [2.75, 3.05) is 54.1 Å². The van der Waals surface area contributed by atoms with Crippen LogP contribution in [0.5, 0.6) is 17.2 Å². The number of hydrogen-bond acceptors (Lipinski definition) is 5. The average molecular weight is 474 g/mol. The van der Waals surface area contributed by atoms with Crippen LogP contribution in [0.2, 0.25) is 0 Å². The molecule has 0 aliphatic carbocycles. The molecule has 0 amide bonds. The summed E-state index contributed by atoms with van der Waals surface area (Å²) in [6.07, 6.45) is 0.0325. The number of aliphatic hydroxyl groups excluding tert-OH is 1. The second kappa shape index (κ2) is 12.4. The maximum Gasteiger partial charge on any atom is 0.203 e. The summed E-state index contributed by atoms with van der Waals surface area (Å²) >= 11 is 0. The molecule has 3 rings (SSSR count). The molecule has 0 radical (unpaired) electrons. The number of quaternary nitrogens is 1. The molecule has 0 spiro atoms. The molecule has 6 nitrogen and oxygen atoms in total. The molecule has 0 saturated carbocycles. The van der Waals surface area contributed by atoms with E-state index in [0.29, 0.717) is 23.7 Å². The van der Waals surface area contributed by atoms with Crippen LogP contribution in [0.25, 0.3) is 0 Å². The van der Waals surface area contributed by atoms with E-state index in [1.54, 1.807) is 21.3 Å². The summed E-state index contributed by atoms with van der Waals surface area (Å²) in [7, 11) is 4.76. The third-order valence-electron chi connectivity index (χ3n) is 5.96. The van der Waals surface area contributed by atoms with Gasteiger partial charge < -0.3 is 24.6 Å². The average Bonchev–Trinajstić information content (AvgIpc) is 2.77. The van der Waals surface area contributed by atoms with Crippen molar-refractivity contribution >= 4 is 30.5 Å². The number of methoxy groups -OCH3 is 3. The van der Waals surface area contributed by atoms with Gasteiger partial charge in [-0.25, -0.2) is 0 Å². The molecule has 31 heavy (non-hydrogen) atoms. The minimum absolute atomic E-state index is 0. The molecule has 174 valence electrons. The normalized spacial score (nSPS) is 15.8. The van der Waals surface area contributed by atoms with Gasteiger partial charge in [0.2, 0.25) is 5.75 Å². The molecule has 1 aliphatic rings. The van der Waals surface area contributed by atoms with Crippen molar-refractivity contribution in [3.63, 3.8) is 0 Å². The van der Waals surface area contributed by atoms with Gasteiger partial charge in [0.15, 0.2) is 11.5 Å². The number of hydrogen-bond donors (Lipinski definition) is 2. The third-order valence-corrected chi connectivity index (χ3v) is 5.96. The van der Waals surface area contributed by atoms with Gasteiger partial charge >= 0.3 is 0 Å². The molecule has 2 N–H and O–H groups in total. The van der Waals surface area contributed by atoms with E-state index < -0.39 is 6.10 Å². The minimum Gasteiger partial charge on any atom is -0.493 e. The zero-order chi connectivity index (χ0) is 20.9. The first-order valence-corrected chi connectivity index (χ1v) is 10.2. The van der Waals surface area contributed by atoms with Crippen molar-refractivity contribution in [2.24, 2.45) is 0 Å². The summed E-state index contributed by atoms with van der Waals surface area (Å²) in [6.45, 7) is 7.04. The number of nitrogens with one attached hydrogen (secondary N) is 1. The zero-order valence-corrected chi connectivity index (χ0v) is 20.4. The number of ether oxygens (including phenoxy) is 3. The molecule has 0 bridgehead atoms. The number of halogens is 2. The van der Waals surface area contributed by atoms with Crippen LogP contribution in [0, 0.1) is 6.92 Å². The Morgan fingerprint density at radius 3 is 2.06 bits per heavy atom. The highest BCUT2D eigenvalue weighted by molar-refractivity contribution is 5.85. The highest BCUT2D eigenvalue weighted by atomic mass is 35.5. The monoisotopic (exact) mass is 473 g/mol. The number of rotatable bonds is 8. The van der Waals surface area contributed by atoms with Crippen LogP contribution in [0.15, 0.2) is 36.4 Å². The van der Waals surface area contributed by atoms with E-state index in [2.05, 4.69) is 36.5 Å². The molecule has 0 aromatic heterocycles. The number of piperazine rings is 1. The van der Waals surface area contributed by atoms with Gasteiger partial charge in [-0.3, -0.25) is 4.48 Å². The molecule has 1 unspecified atom stereocenters. The van der Waals surface area contributed by atoms with Crippen molar-refractivity contribution in [1.82, 2.24) is 9.80 Å². The van der Waals surface area contributed by atoms with E-state index in [-0.39, 0.29) is 24.8 Å². The van der Waals surface area contributed by atoms with Crippen LogP contribution in [-0.2, 0) is 0 Å². The molecular weight excluding hydrogens is 439 g/mol. The third kappa shape index (κ3) is 5.96. The lowest BCUT2D eigenvalue weighted by Crippen LogP contribution is -2.60. The Morgan fingerprint density at radius 2 is 1.55 bits per heavy atom. The summed E-state index contributed by atoms with van der Waals surface area (Å²) in [5.74, 6) is 1.66. The van der Waals surface area contributed by atoms with Crippen LogP contribution < -0.4 is 24.0 Å². The predicted molar refractivity (Wildman–Crippen MR) is 131 cm³/mol. The van der Waals surface area contributed by atoms with E-state index in [4.69, 9.17) is 14.2 Å². The molecular formula is C23H35Cl2N2O4+. The summed E-state index contributed by atoms with van der Waals surface area (Å²) in [6, 6.07) is 12.3. The topological polar surface area (TPSA) is 60.0 Å². The van der Waals surface area contributed by atoms with Crippen LogP contribution in [0.4, 0.5) is 5.69 Å². The van der Waals surface area contributed by atoms with Crippen molar-refractivity contribution < 1.29 is 19.3 Å². The number of benzene rings is 2. The Hall–Kier alpha value is -1.70. The lowest BCUT2D eigenvalue weighted by Gasteiger charge is -2.42. The minimum atomic E-state index is -0.613. The highest BCUT2D eigenvalue weighted by Gasteiger charge is 2.34. The molecule has 1 fully saturated rings. The molecule has 8 heteroatoms. The van der Waals surface area contributed by atoms with E-state index in [9.17, 15) is 5.11 Å². The Balaban J connectivity index is 0.00000240. The molecule has 1 heterocycles. The van der Waals surface area contributed by atoms with E-state index >= 15 is 0 Å². The standard InChI is InChI=1S/C23H33N2O4.2ClH/c1-17-7-5-6-8-19(17)25(13-10-24-11-14-25)12-9-20(26)18-15-21(27-2)23(29-4)22(16-18)28-3;;/h5-8,15-16,20,24,26H,9-14H2,1-4H3;2*1H/q+1;;. The van der Waals surface area contributed by atoms with Crippen molar-refractivity contribution in [2.45, 2.75) is 19.4 Å². The predicted octanol–water partition coefficient (Wildman–Crippen LogP) is 3.90. The zero-order valence-electron chi connectivity index (χ0n) is 18.7. The Labute approximate surface area is 197 Å². The fourth-order valence-electron chi connectivity index (χ4n) is 4.33. The highest BCUT2D eigenvalue weighted by Crippen LogP contribution is 2.40. The van der Waals surface area contributed by atoms with Crippen molar-refractivity contribution in [3.8, 4) is 17.2 Å². The summed E-state index contributed by atoms with van der Waals surface area (Å²) in [5, 5.41) is 14.5. The van der Waals surface area contributed by atoms with Crippen LogP contribution in [0.1, 0.15) is 23.7 Å². The van der Waals surface area contributed by atoms with Gasteiger partial charge in [-0.1, -0.05) is 18.2 Å². The van der Waals surface area contributed by atoms with Gasteiger partial charge in [-0.2, -0.15) is 0 Å². The maximum absolute atomic E-state index is 11.0. The Bertz CT molecular complexity index is 804. The second-order valence-corrected chi connectivity index (χ2v) is 7.62. The molecule has 1 saturated heterocycles. The first-order valence-electron chi connectivity index (χ1n) is 10.2. The Kier molecular flexibility index (Phi) is 10.9. The van der Waals surface area contributed by atoms with Gasteiger partial charge in [-0.15, -0.1) is 24.8 Å². The fraction of sp³-hybridized carbons (Fsp3) is 0.478. The lowest BCUT2D eigenvalue weighted by atomic mass is 10.0. The Morgan fingerprint density at radius 1 is 0.968 bits per heavy atom. The van der Waals surface area contributed by atoms with Gasteiger partial charge in [0.1, 0.15) is 5.69 Å². The number of nitrogens with zero attached hydrogens (tertiary/aromatic N) is 1. The van der Waals surface area contributed by atoms with Gasteiger partial charge in [0, 0.05) is 25.1 Å². The quantitative estimate of drug-likeness (QED) is 0.569. The summed E-state index contributed by atoms with van der Waals surface area (Å²) < 4.78 is 17.2. The van der Waals surface area contributed by atoms with E-state index in [0.717, 1.165) is 42.8 Å². The first-order chi connectivity index (χ1) is 14.0. The number of aryl methyl sites for hydroxylation is 1. The second-order valence-electron chi connectivity index (χ2n) is 7.62. The van der Waals surface area contributed by atoms with Crippen molar-refractivity contribution in [1.29, 1.82) is 0 Å². The summed E-state index contributed by atoms with van der Waals surface area (Å²) in [5.41, 5.74) is 3.43. The van der Waals surface area contributed by atoms with E-state index in [1.807, 2.05) is 12.1 Å². The first kappa shape index (κ1) is 27.3. The number of aliphatic hydroxyl groups is 1. The lowest BCUT2D eigenvalue weighted by molar-refractivity contribution is 0.137. The van der Waals surface area contributed by atoms with Gasteiger partial charge in [0.05, 0.1) is 47.1 Å². The maximum atomic E-state index is 11.0. The molecule has 1 atom stereocenters. The SMILES string of the molecule is COc1cc(C(O)CC[N+]2(c3ccccc3C)CCNCC2)cc(OC)c1OC.Cl.Cl. The van der Waals surface area contributed by atoms with E-state index in [1.165, 1.54) is 11.3 Å². The van der Waals surface area contributed by atoms with Crippen molar-refractivity contribution in [3.05, 3.63) is 47.5 Å². The molecule has 2 aromatic rings. The summed E-state index contributed by atoms with van der Waals surface area (Å²) in [4.78, 5) is 0. The molecule has 2 aromatic carbocycles. The smallest absolute Gasteiger partial charge is 0.203 e. The van der Waals surface area contributed by atoms with Crippen LogP contribution in [-0.4, -0.2) is 59.2 Å². The largest absolute Gasteiger partial charge is 0.493 e. The molecule has 1 aliphatic heterocycles. The van der Waals surface area contributed by atoms with Crippen LogP contribution in [0.3, 0.4) is 0 Å². The van der Waals surface area contributed by atoms with Gasteiger partial charge in [-0.05, 0) is 30.7 Å². The van der Waals surface area contributed by atoms with Crippen LogP contribution >= 0.6 is 24.8 Å².